The van der Waals surface area contributed by atoms with Crippen molar-refractivity contribution in [1.82, 2.24) is 14.9 Å². The summed E-state index contributed by atoms with van der Waals surface area (Å²) >= 11 is 0. The van der Waals surface area contributed by atoms with Crippen molar-refractivity contribution in [2.24, 2.45) is 0 Å². The molecule has 0 saturated heterocycles. The molecular weight excluding hydrogens is 246 g/mol. The fourth-order valence-corrected chi connectivity index (χ4v) is 1.66. The predicted octanol–water partition coefficient (Wildman–Crippen LogP) is 1.01. The van der Waals surface area contributed by atoms with Crippen molar-refractivity contribution >= 4 is 11.9 Å². The van der Waals surface area contributed by atoms with E-state index in [9.17, 15) is 9.59 Å². The highest BCUT2D eigenvalue weighted by molar-refractivity contribution is 6.03. The molecule has 1 amide bonds. The number of carbonyl (C=O) groups is 2. The van der Waals surface area contributed by atoms with E-state index in [0.717, 1.165) is 0 Å². The second-order valence-electron chi connectivity index (χ2n) is 3.88. The van der Waals surface area contributed by atoms with Gasteiger partial charge in [-0.05, 0) is 24.3 Å². The van der Waals surface area contributed by atoms with Gasteiger partial charge in [0, 0.05) is 31.7 Å². The molecule has 2 aromatic rings. The summed E-state index contributed by atoms with van der Waals surface area (Å²) in [5, 5.41) is 11.6. The van der Waals surface area contributed by atoms with E-state index in [0.29, 0.717) is 13.1 Å². The van der Waals surface area contributed by atoms with Crippen LogP contribution in [0.2, 0.25) is 0 Å². The highest BCUT2D eigenvalue weighted by Crippen LogP contribution is 2.05. The van der Waals surface area contributed by atoms with Crippen LogP contribution in [0.1, 0.15) is 20.8 Å². The van der Waals surface area contributed by atoms with Crippen LogP contribution in [0.15, 0.2) is 42.9 Å². The molecule has 0 fully saturated rings. The molecular formula is C13H13N3O3. The van der Waals surface area contributed by atoms with Gasteiger partial charge in [0.1, 0.15) is 5.69 Å². The SMILES string of the molecule is O=C(O)c1cccnc1C(=O)NCCn1cccc1. The summed E-state index contributed by atoms with van der Waals surface area (Å²) < 4.78 is 1.91. The minimum atomic E-state index is -1.16. The summed E-state index contributed by atoms with van der Waals surface area (Å²) in [6.07, 6.45) is 5.17. The summed E-state index contributed by atoms with van der Waals surface area (Å²) in [6, 6.07) is 6.63. The minimum absolute atomic E-state index is 0.0671. The second kappa shape index (κ2) is 5.81. The fraction of sp³-hybridized carbons (Fsp3) is 0.154. The third-order valence-electron chi connectivity index (χ3n) is 2.57. The molecule has 0 aliphatic carbocycles. The number of carbonyl (C=O) groups excluding carboxylic acids is 1. The van der Waals surface area contributed by atoms with Gasteiger partial charge in [0.25, 0.3) is 5.91 Å². The lowest BCUT2D eigenvalue weighted by Crippen LogP contribution is -2.29. The topological polar surface area (TPSA) is 84.2 Å². The lowest BCUT2D eigenvalue weighted by atomic mass is 10.2. The number of hydrogen-bond acceptors (Lipinski definition) is 3. The van der Waals surface area contributed by atoms with Crippen molar-refractivity contribution in [1.29, 1.82) is 0 Å². The Morgan fingerprint density at radius 2 is 2.00 bits per heavy atom. The molecule has 2 rings (SSSR count). The van der Waals surface area contributed by atoms with Crippen LogP contribution in [0.25, 0.3) is 0 Å². The Bertz CT molecular complexity index is 579. The Morgan fingerprint density at radius 3 is 2.68 bits per heavy atom. The first-order valence-corrected chi connectivity index (χ1v) is 5.76. The first kappa shape index (κ1) is 12.8. The van der Waals surface area contributed by atoms with Crippen molar-refractivity contribution in [3.05, 3.63) is 54.1 Å². The average Bonchev–Trinajstić information content (AvgIpc) is 2.91. The normalized spacial score (nSPS) is 10.1. The lowest BCUT2D eigenvalue weighted by molar-refractivity contribution is 0.0690. The van der Waals surface area contributed by atoms with E-state index in [1.807, 2.05) is 29.1 Å². The molecule has 0 saturated carbocycles. The van der Waals surface area contributed by atoms with E-state index in [1.165, 1.54) is 18.3 Å². The molecule has 6 heteroatoms. The van der Waals surface area contributed by atoms with Crippen LogP contribution in [0, 0.1) is 0 Å². The highest BCUT2D eigenvalue weighted by Gasteiger charge is 2.16. The number of hydrogen-bond donors (Lipinski definition) is 2. The van der Waals surface area contributed by atoms with Crippen LogP contribution in [0.3, 0.4) is 0 Å². The first-order valence-electron chi connectivity index (χ1n) is 5.76. The smallest absolute Gasteiger partial charge is 0.338 e. The average molecular weight is 259 g/mol. The van der Waals surface area contributed by atoms with Crippen LogP contribution in [-0.4, -0.2) is 33.1 Å². The predicted molar refractivity (Wildman–Crippen MR) is 68.0 cm³/mol. The Morgan fingerprint density at radius 1 is 1.26 bits per heavy atom. The van der Waals surface area contributed by atoms with Gasteiger partial charge in [0.05, 0.1) is 5.56 Å². The molecule has 0 aromatic carbocycles. The van der Waals surface area contributed by atoms with E-state index in [2.05, 4.69) is 10.3 Å². The Labute approximate surface area is 109 Å². The first-order chi connectivity index (χ1) is 9.18. The van der Waals surface area contributed by atoms with Crippen molar-refractivity contribution in [2.75, 3.05) is 6.54 Å². The summed E-state index contributed by atoms with van der Waals surface area (Å²) in [4.78, 5) is 26.6. The molecule has 2 aromatic heterocycles. The van der Waals surface area contributed by atoms with Crippen molar-refractivity contribution in [3.8, 4) is 0 Å². The van der Waals surface area contributed by atoms with Crippen LogP contribution >= 0.6 is 0 Å². The van der Waals surface area contributed by atoms with Crippen LogP contribution in [-0.2, 0) is 6.54 Å². The van der Waals surface area contributed by atoms with Crippen LogP contribution < -0.4 is 5.32 Å². The maximum Gasteiger partial charge on any atom is 0.338 e. The third kappa shape index (κ3) is 3.19. The number of nitrogens with one attached hydrogen (secondary N) is 1. The molecule has 0 radical (unpaired) electrons. The van der Waals surface area contributed by atoms with E-state index in [-0.39, 0.29) is 11.3 Å². The zero-order valence-corrected chi connectivity index (χ0v) is 10.1. The van der Waals surface area contributed by atoms with E-state index < -0.39 is 11.9 Å². The summed E-state index contributed by atoms with van der Waals surface area (Å²) in [5.74, 6) is -1.64. The Balaban J connectivity index is 1.98. The molecule has 2 N–H and O–H groups in total. The lowest BCUT2D eigenvalue weighted by Gasteiger charge is -2.07. The standard InChI is InChI=1S/C13H13N3O3/c17-12(15-6-9-16-7-1-2-8-16)11-10(13(18)19)4-3-5-14-11/h1-5,7-8H,6,9H2,(H,15,17)(H,18,19). The number of aromatic carboxylic acids is 1. The highest BCUT2D eigenvalue weighted by atomic mass is 16.4. The van der Waals surface area contributed by atoms with E-state index in [1.54, 1.807) is 0 Å². The van der Waals surface area contributed by atoms with Crippen LogP contribution in [0.4, 0.5) is 0 Å². The van der Waals surface area contributed by atoms with Gasteiger partial charge in [0.15, 0.2) is 0 Å². The van der Waals surface area contributed by atoms with E-state index >= 15 is 0 Å². The number of carboxylic acids is 1. The van der Waals surface area contributed by atoms with Crippen molar-refractivity contribution < 1.29 is 14.7 Å². The van der Waals surface area contributed by atoms with Gasteiger partial charge in [-0.15, -0.1) is 0 Å². The number of carboxylic acid groups (broad SMARTS) is 1. The number of rotatable bonds is 5. The molecule has 0 bridgehead atoms. The Hall–Kier alpha value is -2.63. The monoisotopic (exact) mass is 259 g/mol. The zero-order valence-electron chi connectivity index (χ0n) is 10.1. The van der Waals surface area contributed by atoms with E-state index in [4.69, 9.17) is 5.11 Å². The molecule has 0 aliphatic rings. The van der Waals surface area contributed by atoms with Gasteiger partial charge in [-0.3, -0.25) is 9.78 Å². The summed E-state index contributed by atoms with van der Waals surface area (Å²) in [6.45, 7) is 1.02. The molecule has 0 aliphatic heterocycles. The van der Waals surface area contributed by atoms with Crippen LogP contribution in [0.5, 0.6) is 0 Å². The molecule has 19 heavy (non-hydrogen) atoms. The largest absolute Gasteiger partial charge is 0.478 e. The zero-order chi connectivity index (χ0) is 13.7. The maximum atomic E-state index is 11.9. The van der Waals surface area contributed by atoms with Gasteiger partial charge >= 0.3 is 5.97 Å². The minimum Gasteiger partial charge on any atom is -0.478 e. The molecule has 0 spiro atoms. The molecule has 98 valence electrons. The fourth-order valence-electron chi connectivity index (χ4n) is 1.66. The van der Waals surface area contributed by atoms with Crippen molar-refractivity contribution in [2.45, 2.75) is 6.54 Å². The van der Waals surface area contributed by atoms with Gasteiger partial charge < -0.3 is 15.0 Å². The summed E-state index contributed by atoms with van der Waals surface area (Å²) in [5.41, 5.74) is -0.163. The number of nitrogens with zero attached hydrogens (tertiary/aromatic N) is 2. The summed E-state index contributed by atoms with van der Waals surface area (Å²) in [7, 11) is 0. The molecule has 0 unspecified atom stereocenters. The van der Waals surface area contributed by atoms with Gasteiger partial charge in [0.2, 0.25) is 0 Å². The maximum absolute atomic E-state index is 11.9. The number of aromatic nitrogens is 2. The van der Waals surface area contributed by atoms with Gasteiger partial charge in [-0.1, -0.05) is 0 Å². The Kier molecular flexibility index (Phi) is 3.92. The molecule has 0 atom stereocenters. The number of pyridine rings is 1. The third-order valence-corrected chi connectivity index (χ3v) is 2.57. The van der Waals surface area contributed by atoms with Gasteiger partial charge in [-0.2, -0.15) is 0 Å². The van der Waals surface area contributed by atoms with Gasteiger partial charge in [-0.25, -0.2) is 4.79 Å². The molecule has 2 heterocycles. The second-order valence-corrected chi connectivity index (χ2v) is 3.88. The van der Waals surface area contributed by atoms with Crippen molar-refractivity contribution in [3.63, 3.8) is 0 Å². The molecule has 6 nitrogen and oxygen atoms in total. The number of amides is 1. The quantitative estimate of drug-likeness (QED) is 0.839.